The molecule has 2 aromatic carbocycles. The maximum absolute atomic E-state index is 13.1. The molecule has 1 unspecified atom stereocenters. The predicted octanol–water partition coefficient (Wildman–Crippen LogP) is 2.70. The first kappa shape index (κ1) is 22.5. The van der Waals surface area contributed by atoms with Gasteiger partial charge in [0.05, 0.1) is 24.2 Å². The second-order valence-electron chi connectivity index (χ2n) is 7.90. The van der Waals surface area contributed by atoms with E-state index in [0.29, 0.717) is 26.2 Å². The fourth-order valence-corrected chi connectivity index (χ4v) is 4.68. The Morgan fingerprint density at radius 3 is 2.20 bits per heavy atom. The van der Waals surface area contributed by atoms with Crippen LogP contribution in [0.5, 0.6) is 0 Å². The number of hydrogen-bond acceptors (Lipinski definition) is 5. The quantitative estimate of drug-likeness (QED) is 0.697. The van der Waals surface area contributed by atoms with Crippen molar-refractivity contribution in [3.63, 3.8) is 0 Å². The fourth-order valence-electron chi connectivity index (χ4n) is 3.45. The van der Waals surface area contributed by atoms with Gasteiger partial charge in [-0.05, 0) is 30.5 Å². The number of hydrogen-bond donors (Lipinski definition) is 1. The molecule has 1 fully saturated rings. The van der Waals surface area contributed by atoms with Crippen LogP contribution in [0, 0.1) is 0 Å². The van der Waals surface area contributed by atoms with Crippen LogP contribution in [0.3, 0.4) is 0 Å². The van der Waals surface area contributed by atoms with E-state index in [2.05, 4.69) is 5.32 Å². The maximum atomic E-state index is 13.1. The van der Waals surface area contributed by atoms with E-state index in [9.17, 15) is 13.2 Å². The molecule has 6 nitrogen and oxygen atoms in total. The molecule has 3 rings (SSSR count). The monoisotopic (exact) mass is 430 g/mol. The first-order chi connectivity index (χ1) is 14.3. The Bertz CT molecular complexity index is 913. The topological polar surface area (TPSA) is 75.7 Å². The lowest BCUT2D eigenvalue weighted by atomic mass is 10.0. The van der Waals surface area contributed by atoms with Crippen LogP contribution in [-0.4, -0.2) is 49.9 Å². The second kappa shape index (κ2) is 10.2. The molecular formula is C23H30N2O4S. The third-order valence-electron chi connectivity index (χ3n) is 5.18. The lowest BCUT2D eigenvalue weighted by molar-refractivity contribution is -0.126. The maximum Gasteiger partial charge on any atom is 0.242 e. The summed E-state index contributed by atoms with van der Waals surface area (Å²) in [4.78, 5) is 15.1. The highest BCUT2D eigenvalue weighted by Gasteiger charge is 2.32. The second-order valence-corrected chi connectivity index (χ2v) is 10.2. The smallest absolute Gasteiger partial charge is 0.242 e. The van der Waals surface area contributed by atoms with Crippen molar-refractivity contribution in [1.29, 1.82) is 0 Å². The Morgan fingerprint density at radius 1 is 1.00 bits per heavy atom. The molecule has 30 heavy (non-hydrogen) atoms. The van der Waals surface area contributed by atoms with Gasteiger partial charge in [-0.1, -0.05) is 54.6 Å². The van der Waals surface area contributed by atoms with Gasteiger partial charge in [0, 0.05) is 19.6 Å². The molecular weight excluding hydrogens is 400 g/mol. The Kier molecular flexibility index (Phi) is 7.64. The van der Waals surface area contributed by atoms with Gasteiger partial charge in [-0.15, -0.1) is 0 Å². The van der Waals surface area contributed by atoms with Gasteiger partial charge < -0.3 is 10.1 Å². The van der Waals surface area contributed by atoms with Crippen molar-refractivity contribution in [3.05, 3.63) is 71.3 Å². The molecule has 0 radical (unpaired) electrons. The summed E-state index contributed by atoms with van der Waals surface area (Å²) in [6, 6.07) is 17.0. The fraction of sp³-hybridized carbons (Fsp3) is 0.435. The van der Waals surface area contributed by atoms with Crippen LogP contribution in [0.25, 0.3) is 0 Å². The van der Waals surface area contributed by atoms with Crippen LogP contribution < -0.4 is 5.32 Å². The summed E-state index contributed by atoms with van der Waals surface area (Å²) in [6.45, 7) is 5.72. The average molecular weight is 431 g/mol. The van der Waals surface area contributed by atoms with E-state index >= 15 is 0 Å². The van der Waals surface area contributed by atoms with Gasteiger partial charge in [-0.3, -0.25) is 9.69 Å². The predicted molar refractivity (Wildman–Crippen MR) is 118 cm³/mol. The molecule has 1 heterocycles. The van der Waals surface area contributed by atoms with E-state index in [0.717, 1.165) is 16.7 Å². The summed E-state index contributed by atoms with van der Waals surface area (Å²) in [5.74, 6) is 0.0558. The van der Waals surface area contributed by atoms with Crippen molar-refractivity contribution in [2.45, 2.75) is 39.1 Å². The van der Waals surface area contributed by atoms with E-state index < -0.39 is 15.9 Å². The van der Waals surface area contributed by atoms with Gasteiger partial charge in [0.15, 0.2) is 9.84 Å². The van der Waals surface area contributed by atoms with Crippen LogP contribution in [-0.2, 0) is 32.5 Å². The van der Waals surface area contributed by atoms with Crippen LogP contribution in [0.1, 0.15) is 36.6 Å². The van der Waals surface area contributed by atoms with E-state index in [1.165, 1.54) is 0 Å². The minimum Gasteiger partial charge on any atom is -0.374 e. The Morgan fingerprint density at radius 2 is 1.60 bits per heavy atom. The normalized spacial score (nSPS) is 17.6. The molecule has 0 aromatic heterocycles. The van der Waals surface area contributed by atoms with Crippen LogP contribution in [0.2, 0.25) is 0 Å². The Balaban J connectivity index is 1.65. The van der Waals surface area contributed by atoms with Crippen LogP contribution in [0.15, 0.2) is 54.6 Å². The summed E-state index contributed by atoms with van der Waals surface area (Å²) in [5, 5.41) is 3.02. The lowest BCUT2D eigenvalue weighted by Crippen LogP contribution is -2.47. The molecule has 1 amide bonds. The molecule has 0 bridgehead atoms. The molecule has 1 aliphatic rings. The highest BCUT2D eigenvalue weighted by molar-refractivity contribution is 7.91. The molecule has 0 spiro atoms. The standard InChI is InChI=1S/C23H30N2O4S/c1-18(2)29-17-20-10-8-19(9-11-20)16-24-23(26)22(21-6-4-3-5-7-21)25-12-14-30(27,28)15-13-25/h3-11,18,22H,12-17H2,1-2H3,(H,24,26). The number of carbonyl (C=O) groups excluding carboxylic acids is 1. The number of nitrogens with zero attached hydrogens (tertiary/aromatic N) is 1. The minimum atomic E-state index is -3.01. The molecule has 0 saturated carbocycles. The molecule has 2 aromatic rings. The van der Waals surface area contributed by atoms with Gasteiger partial charge in [-0.2, -0.15) is 0 Å². The summed E-state index contributed by atoms with van der Waals surface area (Å²) >= 11 is 0. The number of carbonyl (C=O) groups is 1. The molecule has 1 aliphatic heterocycles. The van der Waals surface area contributed by atoms with Gasteiger partial charge >= 0.3 is 0 Å². The number of nitrogens with one attached hydrogen (secondary N) is 1. The minimum absolute atomic E-state index is 0.0868. The number of rotatable bonds is 8. The zero-order valence-corrected chi connectivity index (χ0v) is 18.4. The van der Waals surface area contributed by atoms with Crippen molar-refractivity contribution >= 4 is 15.7 Å². The molecule has 1 saturated heterocycles. The SMILES string of the molecule is CC(C)OCc1ccc(CNC(=O)C(c2ccccc2)N2CCS(=O)(=O)CC2)cc1. The van der Waals surface area contributed by atoms with Crippen molar-refractivity contribution in [2.24, 2.45) is 0 Å². The van der Waals surface area contributed by atoms with E-state index in [4.69, 9.17) is 4.74 Å². The molecule has 0 aliphatic carbocycles. The zero-order chi connectivity index (χ0) is 21.6. The summed E-state index contributed by atoms with van der Waals surface area (Å²) in [7, 11) is -3.01. The van der Waals surface area contributed by atoms with Gasteiger partial charge in [0.1, 0.15) is 6.04 Å². The van der Waals surface area contributed by atoms with Crippen molar-refractivity contribution < 1.29 is 17.9 Å². The number of amides is 1. The van der Waals surface area contributed by atoms with Crippen molar-refractivity contribution in [3.8, 4) is 0 Å². The Labute approximate surface area is 179 Å². The van der Waals surface area contributed by atoms with Gasteiger partial charge in [0.2, 0.25) is 5.91 Å². The molecule has 1 atom stereocenters. The van der Waals surface area contributed by atoms with E-state index in [1.807, 2.05) is 73.3 Å². The average Bonchev–Trinajstić information content (AvgIpc) is 2.73. The number of ether oxygens (including phenoxy) is 1. The lowest BCUT2D eigenvalue weighted by Gasteiger charge is -2.33. The van der Waals surface area contributed by atoms with Gasteiger partial charge in [-0.25, -0.2) is 8.42 Å². The third kappa shape index (κ3) is 6.39. The first-order valence-electron chi connectivity index (χ1n) is 10.3. The zero-order valence-electron chi connectivity index (χ0n) is 17.6. The van der Waals surface area contributed by atoms with Crippen LogP contribution in [0.4, 0.5) is 0 Å². The largest absolute Gasteiger partial charge is 0.374 e. The summed E-state index contributed by atoms with van der Waals surface area (Å²) in [6.07, 6.45) is 0.184. The molecule has 7 heteroatoms. The van der Waals surface area contributed by atoms with Gasteiger partial charge in [0.25, 0.3) is 0 Å². The number of sulfone groups is 1. The molecule has 162 valence electrons. The van der Waals surface area contributed by atoms with E-state index in [1.54, 1.807) is 0 Å². The van der Waals surface area contributed by atoms with Crippen LogP contribution >= 0.6 is 0 Å². The third-order valence-corrected chi connectivity index (χ3v) is 6.79. The van der Waals surface area contributed by atoms with Crippen molar-refractivity contribution in [1.82, 2.24) is 10.2 Å². The summed E-state index contributed by atoms with van der Waals surface area (Å²) in [5.41, 5.74) is 2.97. The van der Waals surface area contributed by atoms with E-state index in [-0.39, 0.29) is 23.5 Å². The summed E-state index contributed by atoms with van der Waals surface area (Å²) < 4.78 is 29.2. The number of benzene rings is 2. The van der Waals surface area contributed by atoms with Crippen molar-refractivity contribution in [2.75, 3.05) is 24.6 Å². The highest BCUT2D eigenvalue weighted by atomic mass is 32.2. The first-order valence-corrected chi connectivity index (χ1v) is 12.1. The molecule has 1 N–H and O–H groups in total. The highest BCUT2D eigenvalue weighted by Crippen LogP contribution is 2.23. The Hall–Kier alpha value is -2.22.